The van der Waals surface area contributed by atoms with Gasteiger partial charge in [-0.05, 0) is 52.1 Å². The van der Waals surface area contributed by atoms with Crippen LogP contribution in [0.2, 0.25) is 0 Å². The summed E-state index contributed by atoms with van der Waals surface area (Å²) in [6.45, 7) is 6.54. The molecule has 0 saturated carbocycles. The van der Waals surface area contributed by atoms with Gasteiger partial charge in [-0.25, -0.2) is 4.98 Å². The van der Waals surface area contributed by atoms with Crippen molar-refractivity contribution in [2.75, 3.05) is 27.2 Å². The summed E-state index contributed by atoms with van der Waals surface area (Å²) in [5, 5.41) is 3.34. The van der Waals surface area contributed by atoms with Crippen LogP contribution in [0.3, 0.4) is 0 Å². The second-order valence-corrected chi connectivity index (χ2v) is 5.88. The molecule has 4 nitrogen and oxygen atoms in total. The van der Waals surface area contributed by atoms with Gasteiger partial charge in [0.2, 0.25) is 0 Å². The standard InChI is InChI=1S/C15H24N4/c1-15(2,16-3)10-19(4)8-7-12-5-6-13-14(9-12)18-11-17-13/h5-6,9,11,16H,7-8,10H2,1-4H3,(H,17,18). The number of rotatable bonds is 6. The highest BCUT2D eigenvalue weighted by Crippen LogP contribution is 2.12. The molecule has 1 aromatic heterocycles. The van der Waals surface area contributed by atoms with Gasteiger partial charge in [-0.2, -0.15) is 0 Å². The van der Waals surface area contributed by atoms with Gasteiger partial charge in [0.15, 0.2) is 0 Å². The minimum Gasteiger partial charge on any atom is -0.345 e. The molecule has 2 N–H and O–H groups in total. The molecule has 0 aliphatic rings. The van der Waals surface area contributed by atoms with E-state index < -0.39 is 0 Å². The molecule has 0 fully saturated rings. The van der Waals surface area contributed by atoms with Crippen LogP contribution in [0.15, 0.2) is 24.5 Å². The minimum atomic E-state index is 0.155. The Morgan fingerprint density at radius 3 is 2.89 bits per heavy atom. The summed E-state index contributed by atoms with van der Waals surface area (Å²) < 4.78 is 0. The predicted molar refractivity (Wildman–Crippen MR) is 80.4 cm³/mol. The lowest BCUT2D eigenvalue weighted by Crippen LogP contribution is -2.46. The van der Waals surface area contributed by atoms with Crippen molar-refractivity contribution < 1.29 is 0 Å². The zero-order chi connectivity index (χ0) is 13.9. The third-order valence-electron chi connectivity index (χ3n) is 3.61. The zero-order valence-corrected chi connectivity index (χ0v) is 12.3. The molecule has 0 amide bonds. The average molecular weight is 260 g/mol. The maximum atomic E-state index is 4.24. The van der Waals surface area contributed by atoms with Crippen LogP contribution in [0, 0.1) is 0 Å². The van der Waals surface area contributed by atoms with Crippen molar-refractivity contribution >= 4 is 11.0 Å². The first-order chi connectivity index (χ1) is 9.00. The molecule has 2 rings (SSSR count). The third-order valence-corrected chi connectivity index (χ3v) is 3.61. The van der Waals surface area contributed by atoms with Gasteiger partial charge in [0.25, 0.3) is 0 Å². The van der Waals surface area contributed by atoms with Crippen LogP contribution in [0.5, 0.6) is 0 Å². The third kappa shape index (κ3) is 3.78. The van der Waals surface area contributed by atoms with Gasteiger partial charge in [-0.15, -0.1) is 0 Å². The predicted octanol–water partition coefficient (Wildman–Crippen LogP) is 2.04. The fourth-order valence-corrected chi connectivity index (χ4v) is 2.29. The highest BCUT2D eigenvalue weighted by molar-refractivity contribution is 5.75. The molecule has 104 valence electrons. The van der Waals surface area contributed by atoms with E-state index in [-0.39, 0.29) is 5.54 Å². The number of aromatic nitrogens is 2. The Balaban J connectivity index is 1.91. The molecule has 2 aromatic rings. The Morgan fingerprint density at radius 1 is 1.37 bits per heavy atom. The molecule has 0 bridgehead atoms. The second kappa shape index (κ2) is 5.72. The van der Waals surface area contributed by atoms with Crippen LogP contribution < -0.4 is 5.32 Å². The van der Waals surface area contributed by atoms with E-state index in [2.05, 4.69) is 59.3 Å². The number of hydrogen-bond acceptors (Lipinski definition) is 3. The van der Waals surface area contributed by atoms with Gasteiger partial charge >= 0.3 is 0 Å². The number of aromatic amines is 1. The lowest BCUT2D eigenvalue weighted by Gasteiger charge is -2.30. The van der Waals surface area contributed by atoms with Gasteiger partial charge in [0, 0.05) is 18.6 Å². The van der Waals surface area contributed by atoms with Crippen molar-refractivity contribution in [3.05, 3.63) is 30.1 Å². The molecule has 1 aromatic carbocycles. The molecule has 0 aliphatic carbocycles. The number of nitrogens with one attached hydrogen (secondary N) is 2. The molecule has 0 unspecified atom stereocenters. The van der Waals surface area contributed by atoms with Crippen LogP contribution in [0.25, 0.3) is 11.0 Å². The summed E-state index contributed by atoms with van der Waals surface area (Å²) in [5.74, 6) is 0. The average Bonchev–Trinajstić information content (AvgIpc) is 2.83. The number of imidazole rings is 1. The van der Waals surface area contributed by atoms with Crippen molar-refractivity contribution in [2.24, 2.45) is 0 Å². The summed E-state index contributed by atoms with van der Waals surface area (Å²) in [7, 11) is 4.19. The number of hydrogen-bond donors (Lipinski definition) is 2. The molecule has 0 spiro atoms. The Labute approximate surface area is 115 Å². The van der Waals surface area contributed by atoms with Gasteiger partial charge < -0.3 is 15.2 Å². The van der Waals surface area contributed by atoms with E-state index in [1.807, 2.05) is 7.05 Å². The van der Waals surface area contributed by atoms with Crippen molar-refractivity contribution in [2.45, 2.75) is 25.8 Å². The fraction of sp³-hybridized carbons (Fsp3) is 0.533. The number of fused-ring (bicyclic) bond motifs is 1. The lowest BCUT2D eigenvalue weighted by molar-refractivity contribution is 0.246. The first-order valence-electron chi connectivity index (χ1n) is 6.80. The van der Waals surface area contributed by atoms with Crippen molar-refractivity contribution in [3.8, 4) is 0 Å². The van der Waals surface area contributed by atoms with Crippen molar-refractivity contribution in [1.82, 2.24) is 20.2 Å². The SMILES string of the molecule is CNC(C)(C)CN(C)CCc1ccc2nc[nH]c2c1. The monoisotopic (exact) mass is 260 g/mol. The summed E-state index contributed by atoms with van der Waals surface area (Å²) in [6.07, 6.45) is 2.81. The van der Waals surface area contributed by atoms with Crippen LogP contribution in [0.4, 0.5) is 0 Å². The molecule has 0 radical (unpaired) electrons. The zero-order valence-electron chi connectivity index (χ0n) is 12.3. The number of H-pyrrole nitrogens is 1. The molecule has 0 aliphatic heterocycles. The normalized spacial score (nSPS) is 12.5. The maximum absolute atomic E-state index is 4.24. The first kappa shape index (κ1) is 14.0. The molecular weight excluding hydrogens is 236 g/mol. The Bertz CT molecular complexity index is 530. The topological polar surface area (TPSA) is 44.0 Å². The lowest BCUT2D eigenvalue weighted by atomic mass is 10.1. The summed E-state index contributed by atoms with van der Waals surface area (Å²) in [5.41, 5.74) is 3.66. The minimum absolute atomic E-state index is 0.155. The largest absolute Gasteiger partial charge is 0.345 e. The van der Waals surface area contributed by atoms with Crippen LogP contribution >= 0.6 is 0 Å². The molecule has 0 saturated heterocycles. The summed E-state index contributed by atoms with van der Waals surface area (Å²) >= 11 is 0. The van der Waals surface area contributed by atoms with Crippen LogP contribution in [-0.4, -0.2) is 47.6 Å². The summed E-state index contributed by atoms with van der Waals surface area (Å²) in [4.78, 5) is 9.77. The van der Waals surface area contributed by atoms with Crippen molar-refractivity contribution in [3.63, 3.8) is 0 Å². The number of benzene rings is 1. The van der Waals surface area contributed by atoms with Crippen molar-refractivity contribution in [1.29, 1.82) is 0 Å². The van der Waals surface area contributed by atoms with E-state index in [0.717, 1.165) is 30.5 Å². The van der Waals surface area contributed by atoms with E-state index in [4.69, 9.17) is 0 Å². The van der Waals surface area contributed by atoms with Gasteiger partial charge in [-0.1, -0.05) is 6.07 Å². The van der Waals surface area contributed by atoms with Gasteiger partial charge in [-0.3, -0.25) is 0 Å². The molecule has 1 heterocycles. The van der Waals surface area contributed by atoms with E-state index in [0.29, 0.717) is 0 Å². The summed E-state index contributed by atoms with van der Waals surface area (Å²) in [6, 6.07) is 6.44. The van der Waals surface area contributed by atoms with Gasteiger partial charge in [0.1, 0.15) is 0 Å². The smallest absolute Gasteiger partial charge is 0.0931 e. The first-order valence-corrected chi connectivity index (χ1v) is 6.80. The molecule has 0 atom stereocenters. The van der Waals surface area contributed by atoms with Crippen LogP contribution in [-0.2, 0) is 6.42 Å². The maximum Gasteiger partial charge on any atom is 0.0931 e. The highest BCUT2D eigenvalue weighted by Gasteiger charge is 2.16. The fourth-order valence-electron chi connectivity index (χ4n) is 2.29. The van der Waals surface area contributed by atoms with E-state index in [9.17, 15) is 0 Å². The number of nitrogens with zero attached hydrogens (tertiary/aromatic N) is 2. The van der Waals surface area contributed by atoms with E-state index >= 15 is 0 Å². The second-order valence-electron chi connectivity index (χ2n) is 5.88. The van der Waals surface area contributed by atoms with Crippen LogP contribution in [0.1, 0.15) is 19.4 Å². The number of likely N-dealkylation sites (N-methyl/N-ethyl adjacent to an activating group) is 2. The highest BCUT2D eigenvalue weighted by atomic mass is 15.1. The molecular formula is C15H24N4. The Morgan fingerprint density at radius 2 is 2.16 bits per heavy atom. The van der Waals surface area contributed by atoms with E-state index in [1.165, 1.54) is 5.56 Å². The quantitative estimate of drug-likeness (QED) is 0.835. The van der Waals surface area contributed by atoms with E-state index in [1.54, 1.807) is 6.33 Å². The Hall–Kier alpha value is -1.39. The van der Waals surface area contributed by atoms with Gasteiger partial charge in [0.05, 0.1) is 17.4 Å². The Kier molecular flexibility index (Phi) is 4.22. The molecule has 19 heavy (non-hydrogen) atoms. The molecule has 4 heteroatoms.